The summed E-state index contributed by atoms with van der Waals surface area (Å²) in [5, 5.41) is 9.34. The Bertz CT molecular complexity index is 1180. The number of nitriles is 1. The fourth-order valence-electron chi connectivity index (χ4n) is 3.16. The first kappa shape index (κ1) is 15.0. The van der Waals surface area contributed by atoms with Crippen molar-refractivity contribution in [1.82, 2.24) is 9.13 Å². The molecule has 1 aromatic heterocycles. The molecule has 1 heterocycles. The number of aromatic nitrogens is 2. The van der Waals surface area contributed by atoms with Gasteiger partial charge >= 0.3 is 5.69 Å². The van der Waals surface area contributed by atoms with Gasteiger partial charge in [-0.25, -0.2) is 4.79 Å². The van der Waals surface area contributed by atoms with Gasteiger partial charge in [0.1, 0.15) is 0 Å². The molecule has 3 aromatic carbocycles. The lowest BCUT2D eigenvalue weighted by Gasteiger charge is -2.06. The molecular formula is C21H15N3O. The third-order valence-electron chi connectivity index (χ3n) is 4.43. The maximum absolute atomic E-state index is 12.7. The van der Waals surface area contributed by atoms with Crippen molar-refractivity contribution in [3.8, 4) is 22.9 Å². The second-order valence-electron chi connectivity index (χ2n) is 5.87. The van der Waals surface area contributed by atoms with Crippen molar-refractivity contribution < 1.29 is 0 Å². The van der Waals surface area contributed by atoms with Crippen LogP contribution in [-0.2, 0) is 7.05 Å². The quantitative estimate of drug-likeness (QED) is 0.562. The molecule has 0 N–H and O–H groups in total. The summed E-state index contributed by atoms with van der Waals surface area (Å²) in [4.78, 5) is 12.7. The first-order chi connectivity index (χ1) is 12.2. The number of fused-ring (bicyclic) bond motifs is 1. The van der Waals surface area contributed by atoms with Gasteiger partial charge in [-0.3, -0.25) is 9.13 Å². The molecule has 0 atom stereocenters. The summed E-state index contributed by atoms with van der Waals surface area (Å²) in [5.41, 5.74) is 4.83. The minimum absolute atomic E-state index is 0.0908. The van der Waals surface area contributed by atoms with E-state index in [1.54, 1.807) is 22.2 Å². The molecule has 0 radical (unpaired) electrons. The van der Waals surface area contributed by atoms with Crippen LogP contribution in [0.2, 0.25) is 0 Å². The fourth-order valence-corrected chi connectivity index (χ4v) is 3.16. The summed E-state index contributed by atoms with van der Waals surface area (Å²) in [6.07, 6.45) is 0. The standard InChI is InChI=1S/C21H15N3O/c1-23-20-13-15(18-10-6-5-7-16(18)14-22)11-12-19(20)24(21(23)25)17-8-3-2-4-9-17/h2-13H,1H3. The van der Waals surface area contributed by atoms with Gasteiger partial charge in [0.05, 0.1) is 28.4 Å². The highest BCUT2D eigenvalue weighted by molar-refractivity contribution is 5.85. The van der Waals surface area contributed by atoms with Gasteiger partial charge in [0, 0.05) is 7.05 Å². The van der Waals surface area contributed by atoms with Crippen molar-refractivity contribution in [3.63, 3.8) is 0 Å². The lowest BCUT2D eigenvalue weighted by molar-refractivity contribution is 0.846. The topological polar surface area (TPSA) is 50.7 Å². The number of rotatable bonds is 2. The van der Waals surface area contributed by atoms with Crippen molar-refractivity contribution in [2.45, 2.75) is 0 Å². The van der Waals surface area contributed by atoms with Crippen LogP contribution < -0.4 is 5.69 Å². The van der Waals surface area contributed by atoms with Gasteiger partial charge in [-0.2, -0.15) is 5.26 Å². The first-order valence-electron chi connectivity index (χ1n) is 7.97. The number of nitrogens with zero attached hydrogens (tertiary/aromatic N) is 3. The van der Waals surface area contributed by atoms with Gasteiger partial charge in [0.25, 0.3) is 0 Å². The minimum Gasteiger partial charge on any atom is -0.295 e. The summed E-state index contributed by atoms with van der Waals surface area (Å²) in [5.74, 6) is 0. The van der Waals surface area contributed by atoms with E-state index in [2.05, 4.69) is 6.07 Å². The molecule has 0 bridgehead atoms. The van der Waals surface area contributed by atoms with E-state index in [0.717, 1.165) is 27.8 Å². The van der Waals surface area contributed by atoms with Crippen molar-refractivity contribution in [3.05, 3.63) is 88.8 Å². The number of hydrogen-bond donors (Lipinski definition) is 0. The molecule has 0 amide bonds. The monoisotopic (exact) mass is 325 g/mol. The minimum atomic E-state index is -0.0908. The van der Waals surface area contributed by atoms with E-state index < -0.39 is 0 Å². The Hall–Kier alpha value is -3.58. The highest BCUT2D eigenvalue weighted by atomic mass is 16.1. The number of hydrogen-bond acceptors (Lipinski definition) is 2. The summed E-state index contributed by atoms with van der Waals surface area (Å²) in [6, 6.07) is 25.2. The summed E-state index contributed by atoms with van der Waals surface area (Å²) >= 11 is 0. The molecule has 0 unspecified atom stereocenters. The van der Waals surface area contributed by atoms with Gasteiger partial charge in [-0.15, -0.1) is 0 Å². The van der Waals surface area contributed by atoms with E-state index in [0.29, 0.717) is 5.56 Å². The molecule has 0 spiro atoms. The zero-order valence-corrected chi connectivity index (χ0v) is 13.7. The van der Waals surface area contributed by atoms with Crippen LogP contribution in [0.3, 0.4) is 0 Å². The van der Waals surface area contributed by atoms with E-state index in [4.69, 9.17) is 0 Å². The predicted octanol–water partition coefficient (Wildman–Crippen LogP) is 3.87. The SMILES string of the molecule is Cn1c(=O)n(-c2ccccc2)c2ccc(-c3ccccc3C#N)cc21. The molecule has 0 saturated heterocycles. The maximum Gasteiger partial charge on any atom is 0.333 e. The molecule has 0 aliphatic rings. The number of imidazole rings is 1. The van der Waals surface area contributed by atoms with Crippen LogP contribution in [0, 0.1) is 11.3 Å². The Morgan fingerprint density at radius 3 is 2.36 bits per heavy atom. The fraction of sp³-hybridized carbons (Fsp3) is 0.0476. The Morgan fingerprint density at radius 1 is 0.880 bits per heavy atom. The molecular weight excluding hydrogens is 310 g/mol. The largest absolute Gasteiger partial charge is 0.333 e. The van der Waals surface area contributed by atoms with Gasteiger partial charge in [0.15, 0.2) is 0 Å². The van der Waals surface area contributed by atoms with Gasteiger partial charge in [-0.1, -0.05) is 42.5 Å². The molecule has 25 heavy (non-hydrogen) atoms. The molecule has 4 heteroatoms. The molecule has 4 aromatic rings. The smallest absolute Gasteiger partial charge is 0.295 e. The average molecular weight is 325 g/mol. The molecule has 0 saturated carbocycles. The normalized spacial score (nSPS) is 10.7. The molecule has 0 aliphatic heterocycles. The van der Waals surface area contributed by atoms with Crippen LogP contribution in [0.15, 0.2) is 77.6 Å². The molecule has 0 aliphatic carbocycles. The Morgan fingerprint density at radius 2 is 1.60 bits per heavy atom. The average Bonchev–Trinajstić information content (AvgIpc) is 2.92. The summed E-state index contributed by atoms with van der Waals surface area (Å²) < 4.78 is 3.34. The van der Waals surface area contributed by atoms with Crippen LogP contribution in [0.4, 0.5) is 0 Å². The predicted molar refractivity (Wildman–Crippen MR) is 98.7 cm³/mol. The number of benzene rings is 3. The van der Waals surface area contributed by atoms with Crippen molar-refractivity contribution in [1.29, 1.82) is 5.26 Å². The van der Waals surface area contributed by atoms with E-state index in [1.807, 2.05) is 66.7 Å². The molecule has 4 rings (SSSR count). The zero-order chi connectivity index (χ0) is 17.4. The van der Waals surface area contributed by atoms with E-state index in [9.17, 15) is 10.1 Å². The number of aryl methyl sites for hydroxylation is 1. The molecule has 0 fully saturated rings. The van der Waals surface area contributed by atoms with Crippen molar-refractivity contribution in [2.75, 3.05) is 0 Å². The van der Waals surface area contributed by atoms with E-state index in [1.165, 1.54) is 0 Å². The molecule has 4 nitrogen and oxygen atoms in total. The Balaban J connectivity index is 1.99. The van der Waals surface area contributed by atoms with E-state index in [-0.39, 0.29) is 5.69 Å². The molecule has 120 valence electrons. The van der Waals surface area contributed by atoms with Gasteiger partial charge in [0.2, 0.25) is 0 Å². The first-order valence-corrected chi connectivity index (χ1v) is 7.97. The highest BCUT2D eigenvalue weighted by Gasteiger charge is 2.14. The second kappa shape index (κ2) is 5.81. The third-order valence-corrected chi connectivity index (χ3v) is 4.43. The van der Waals surface area contributed by atoms with Crippen LogP contribution >= 0.6 is 0 Å². The van der Waals surface area contributed by atoms with E-state index >= 15 is 0 Å². The summed E-state index contributed by atoms with van der Waals surface area (Å²) in [7, 11) is 1.77. The Kier molecular flexibility index (Phi) is 3.48. The lowest BCUT2D eigenvalue weighted by atomic mass is 10.00. The van der Waals surface area contributed by atoms with Gasteiger partial charge < -0.3 is 0 Å². The second-order valence-corrected chi connectivity index (χ2v) is 5.87. The third kappa shape index (κ3) is 2.34. The van der Waals surface area contributed by atoms with Gasteiger partial charge in [-0.05, 0) is 41.5 Å². The maximum atomic E-state index is 12.7. The number of para-hydroxylation sites is 1. The summed E-state index contributed by atoms with van der Waals surface area (Å²) in [6.45, 7) is 0. The van der Waals surface area contributed by atoms with Crippen LogP contribution in [-0.4, -0.2) is 9.13 Å². The van der Waals surface area contributed by atoms with Crippen molar-refractivity contribution >= 4 is 11.0 Å². The zero-order valence-electron chi connectivity index (χ0n) is 13.7. The lowest BCUT2D eigenvalue weighted by Crippen LogP contribution is -2.20. The van der Waals surface area contributed by atoms with Crippen LogP contribution in [0.1, 0.15) is 5.56 Å². The van der Waals surface area contributed by atoms with Crippen LogP contribution in [0.25, 0.3) is 27.8 Å². The van der Waals surface area contributed by atoms with Crippen molar-refractivity contribution in [2.24, 2.45) is 7.05 Å². The highest BCUT2D eigenvalue weighted by Crippen LogP contribution is 2.27. The Labute approximate surface area is 144 Å². The van der Waals surface area contributed by atoms with Crippen LogP contribution in [0.5, 0.6) is 0 Å².